The molecule has 0 N–H and O–H groups in total. The zero-order chi connectivity index (χ0) is 17.7. The molecule has 0 bridgehead atoms. The number of rotatable bonds is 2. The van der Waals surface area contributed by atoms with Crippen molar-refractivity contribution in [3.05, 3.63) is 95.1 Å². The van der Waals surface area contributed by atoms with Crippen LogP contribution in [-0.4, -0.2) is 6.48 Å². The van der Waals surface area contributed by atoms with E-state index >= 15 is 0 Å². The molecule has 0 amide bonds. The van der Waals surface area contributed by atoms with Crippen LogP contribution in [0.15, 0.2) is 85.1 Å². The van der Waals surface area contributed by atoms with Gasteiger partial charge in [-0.3, -0.25) is 0 Å². The number of aromatic nitrogens is 1. The molecule has 3 aromatic carbocycles. The number of hydrogen-bond donors (Lipinski definition) is 0. The van der Waals surface area contributed by atoms with Gasteiger partial charge in [-0.05, 0) is 48.5 Å². The van der Waals surface area contributed by atoms with Gasteiger partial charge in [0.15, 0.2) is 0 Å². The molecule has 0 radical (unpaired) electrons. The van der Waals surface area contributed by atoms with Crippen LogP contribution in [0.2, 0.25) is 10.0 Å². The lowest BCUT2D eigenvalue weighted by Crippen LogP contribution is -2.80. The van der Waals surface area contributed by atoms with Gasteiger partial charge < -0.3 is 9.13 Å². The Bertz CT molecular complexity index is 1080. The van der Waals surface area contributed by atoms with Crippen molar-refractivity contribution in [1.29, 1.82) is 0 Å². The van der Waals surface area contributed by atoms with Crippen LogP contribution >= 0.6 is 23.2 Å². The normalized spacial score (nSPS) is 14.4. The summed E-state index contributed by atoms with van der Waals surface area (Å²) in [6, 6.07) is 26.1. The lowest BCUT2D eigenvalue weighted by Gasteiger charge is -2.31. The van der Waals surface area contributed by atoms with Crippen molar-refractivity contribution in [2.45, 2.75) is 0 Å². The van der Waals surface area contributed by atoms with E-state index in [-0.39, 0.29) is 0 Å². The van der Waals surface area contributed by atoms with Gasteiger partial charge in [-0.25, -0.2) is 0 Å². The van der Waals surface area contributed by atoms with Crippen molar-refractivity contribution in [1.82, 2.24) is 0 Å². The fraction of sp³-hybridized carbons (Fsp3) is 0. The van der Waals surface area contributed by atoms with Crippen molar-refractivity contribution in [3.8, 4) is 5.75 Å². The van der Waals surface area contributed by atoms with Gasteiger partial charge in [0, 0.05) is 15.4 Å². The Morgan fingerprint density at radius 2 is 1.27 bits per heavy atom. The molecule has 1 aliphatic heterocycles. The molecule has 0 spiro atoms. The smallest absolute Gasteiger partial charge is 0.513 e. The van der Waals surface area contributed by atoms with Gasteiger partial charge in [-0.15, -0.1) is 0 Å². The Morgan fingerprint density at radius 1 is 0.692 bits per heavy atom. The van der Waals surface area contributed by atoms with Gasteiger partial charge in [0.05, 0.1) is 0 Å². The summed E-state index contributed by atoms with van der Waals surface area (Å²) in [5, 5.41) is 2.56. The molecule has 0 saturated heterocycles. The first kappa shape index (κ1) is 15.7. The quantitative estimate of drug-likeness (QED) is 0.482. The van der Waals surface area contributed by atoms with Crippen molar-refractivity contribution in [2.24, 2.45) is 0 Å². The van der Waals surface area contributed by atoms with Crippen LogP contribution < -0.4 is 20.1 Å². The van der Waals surface area contributed by atoms with Crippen molar-refractivity contribution in [3.63, 3.8) is 0 Å². The Kier molecular flexibility index (Phi) is 3.49. The molecule has 0 atom stereocenters. The van der Waals surface area contributed by atoms with Crippen molar-refractivity contribution >= 4 is 51.5 Å². The monoisotopic (exact) mass is 377 g/mol. The number of pyridine rings is 1. The summed E-state index contributed by atoms with van der Waals surface area (Å²) in [6.07, 6.45) is 2.09. The van der Waals surface area contributed by atoms with Crippen molar-refractivity contribution < 1.29 is 9.13 Å². The fourth-order valence-corrected chi connectivity index (χ4v) is 4.25. The van der Waals surface area contributed by atoms with Crippen LogP contribution in [0.4, 0.5) is 0 Å². The summed E-state index contributed by atoms with van der Waals surface area (Å²) in [5.41, 5.74) is 3.22. The number of para-hydroxylation sites is 1. The maximum Gasteiger partial charge on any atom is 0.513 e. The van der Waals surface area contributed by atoms with E-state index in [4.69, 9.17) is 27.9 Å². The molecule has 2 heterocycles. The maximum absolute atomic E-state index is 6.70. The molecule has 0 fully saturated rings. The molecule has 4 aromatic rings. The van der Waals surface area contributed by atoms with Gasteiger partial charge in [0.1, 0.15) is 11.9 Å². The lowest BCUT2D eigenvalue weighted by atomic mass is 9.41. The molecule has 5 rings (SSSR count). The van der Waals surface area contributed by atoms with Crippen LogP contribution in [-0.2, 0) is 0 Å². The van der Waals surface area contributed by atoms with Crippen LogP contribution in [0.5, 0.6) is 5.75 Å². The van der Waals surface area contributed by atoms with E-state index in [1.807, 2.05) is 60.7 Å². The number of nitrogens with zero attached hydrogens (tertiary/aromatic N) is 1. The van der Waals surface area contributed by atoms with Gasteiger partial charge in [-0.1, -0.05) is 64.5 Å². The third-order valence-electron chi connectivity index (χ3n) is 5.14. The molecule has 5 heteroatoms. The Balaban J connectivity index is 1.87. The summed E-state index contributed by atoms with van der Waals surface area (Å²) in [6.45, 7) is -1.67. The minimum Gasteiger partial charge on any atom is -0.647 e. The van der Waals surface area contributed by atoms with Crippen LogP contribution in [0.1, 0.15) is 0 Å². The molecule has 1 aromatic heterocycles. The van der Waals surface area contributed by atoms with Crippen LogP contribution in [0.25, 0.3) is 10.9 Å². The van der Waals surface area contributed by atoms with E-state index in [1.165, 1.54) is 0 Å². The third kappa shape index (κ3) is 2.18. The van der Waals surface area contributed by atoms with E-state index in [1.54, 1.807) is 0 Å². The van der Waals surface area contributed by atoms with Crippen molar-refractivity contribution in [2.75, 3.05) is 0 Å². The summed E-state index contributed by atoms with van der Waals surface area (Å²) >= 11 is 12.3. The summed E-state index contributed by atoms with van der Waals surface area (Å²) in [4.78, 5) is 0. The minimum atomic E-state index is -1.67. The number of hydrogen-bond acceptors (Lipinski definition) is 1. The van der Waals surface area contributed by atoms with Gasteiger partial charge in [0.25, 0.3) is 0 Å². The first-order valence-electron chi connectivity index (χ1n) is 8.48. The molecule has 0 unspecified atom stereocenters. The second-order valence-corrected chi connectivity index (χ2v) is 7.45. The van der Waals surface area contributed by atoms with E-state index in [2.05, 4.69) is 28.9 Å². The van der Waals surface area contributed by atoms with E-state index in [0.29, 0.717) is 10.0 Å². The highest BCUT2D eigenvalue weighted by molar-refractivity contribution is 6.92. The molecule has 126 valence electrons. The Labute approximate surface area is 161 Å². The van der Waals surface area contributed by atoms with E-state index in [0.717, 1.165) is 27.6 Å². The highest BCUT2D eigenvalue weighted by Crippen LogP contribution is 2.30. The summed E-state index contributed by atoms with van der Waals surface area (Å²) in [5.74, 6) is 0.882. The molecule has 0 saturated carbocycles. The fourth-order valence-electron chi connectivity index (χ4n) is 4.00. The first-order chi connectivity index (χ1) is 12.7. The van der Waals surface area contributed by atoms with Gasteiger partial charge >= 0.3 is 6.48 Å². The Hall–Kier alpha value is -2.49. The standard InChI is InChI=1S/C21H14BCl2NO/c23-18-10-6-16(7-11-18)22(17-8-12-19(24)13-9-17)25-14-2-4-15-3-1-5-20(26-22)21(15)25/h1-14H. The summed E-state index contributed by atoms with van der Waals surface area (Å²) < 4.78 is 8.95. The Morgan fingerprint density at radius 3 is 1.88 bits per heavy atom. The van der Waals surface area contributed by atoms with E-state index < -0.39 is 6.48 Å². The zero-order valence-electron chi connectivity index (χ0n) is 13.8. The predicted octanol–water partition coefficient (Wildman–Crippen LogP) is 3.93. The topological polar surface area (TPSA) is 13.1 Å². The number of halogens is 2. The molecular weight excluding hydrogens is 364 g/mol. The second kappa shape index (κ2) is 5.77. The molecule has 2 nitrogen and oxygen atoms in total. The lowest BCUT2D eigenvalue weighted by molar-refractivity contribution is -0.515. The zero-order valence-corrected chi connectivity index (χ0v) is 15.3. The molecular formula is C21H14BCl2NO. The van der Waals surface area contributed by atoms with Gasteiger partial charge in [0.2, 0.25) is 5.52 Å². The second-order valence-electron chi connectivity index (χ2n) is 6.57. The number of benzene rings is 3. The third-order valence-corrected chi connectivity index (χ3v) is 5.65. The van der Waals surface area contributed by atoms with Crippen LogP contribution in [0.3, 0.4) is 0 Å². The molecule has 0 aliphatic carbocycles. The van der Waals surface area contributed by atoms with Crippen LogP contribution in [0, 0.1) is 0 Å². The minimum absolute atomic E-state index is 0.703. The van der Waals surface area contributed by atoms with Gasteiger partial charge in [-0.2, -0.15) is 0 Å². The molecule has 26 heavy (non-hydrogen) atoms. The first-order valence-corrected chi connectivity index (χ1v) is 9.23. The predicted molar refractivity (Wildman–Crippen MR) is 108 cm³/mol. The molecule has 1 aliphatic rings. The SMILES string of the molecule is Clc1ccc([B-]2(c3ccc(Cl)cc3)Oc3cccc4ccc[n+]2c34)cc1. The average molecular weight is 378 g/mol. The average Bonchev–Trinajstić information content (AvgIpc) is 3.01. The highest BCUT2D eigenvalue weighted by atomic mass is 35.5. The highest BCUT2D eigenvalue weighted by Gasteiger charge is 2.50. The largest absolute Gasteiger partial charge is 0.647 e. The van der Waals surface area contributed by atoms with E-state index in [9.17, 15) is 0 Å². The maximum atomic E-state index is 6.70. The summed E-state index contributed by atoms with van der Waals surface area (Å²) in [7, 11) is 0.